The normalized spacial score (nSPS) is 17.5. The Kier molecular flexibility index (Phi) is 6.76. The van der Waals surface area contributed by atoms with E-state index >= 15 is 0 Å². The second-order valence-corrected chi connectivity index (χ2v) is 4.77. The van der Waals surface area contributed by atoms with E-state index in [1.807, 2.05) is 0 Å². The Morgan fingerprint density at radius 1 is 1.32 bits per heavy atom. The highest BCUT2D eigenvalue weighted by molar-refractivity contribution is 5.89. The van der Waals surface area contributed by atoms with Gasteiger partial charge >= 0.3 is 12.4 Å². The molecule has 124 valence electrons. The van der Waals surface area contributed by atoms with E-state index < -0.39 is 6.36 Å². The number of carbonyl (C=O) groups excluding carboxylic acids is 1. The molecule has 5 nitrogen and oxygen atoms in total. The molecule has 2 rings (SSSR count). The quantitative estimate of drug-likeness (QED) is 0.790. The molecule has 9 heteroatoms. The average molecular weight is 340 g/mol. The summed E-state index contributed by atoms with van der Waals surface area (Å²) in [4.78, 5) is 11.6. The third kappa shape index (κ3) is 6.40. The first-order chi connectivity index (χ1) is 9.92. The summed E-state index contributed by atoms with van der Waals surface area (Å²) in [5, 5.41) is 8.47. The van der Waals surface area contributed by atoms with Gasteiger partial charge in [-0.05, 0) is 49.7 Å². The molecule has 1 atom stereocenters. The lowest BCUT2D eigenvalue weighted by molar-refractivity contribution is -0.274. The van der Waals surface area contributed by atoms with Crippen LogP contribution in [0.3, 0.4) is 0 Å². The Hall–Kier alpha value is -1.67. The van der Waals surface area contributed by atoms with E-state index in [-0.39, 0.29) is 24.2 Å². The molecular formula is C13H17ClF3N3O2. The molecule has 0 aliphatic carbocycles. The molecule has 1 aliphatic heterocycles. The summed E-state index contributed by atoms with van der Waals surface area (Å²) >= 11 is 0. The summed E-state index contributed by atoms with van der Waals surface area (Å²) in [6, 6.07) is 4.59. The minimum atomic E-state index is -4.72. The number of amides is 2. The number of hydrogen-bond acceptors (Lipinski definition) is 3. The highest BCUT2D eigenvalue weighted by atomic mass is 35.5. The summed E-state index contributed by atoms with van der Waals surface area (Å²) in [6.07, 6.45) is -3.70. The van der Waals surface area contributed by atoms with Crippen molar-refractivity contribution in [3.05, 3.63) is 24.3 Å². The lowest BCUT2D eigenvalue weighted by Crippen LogP contribution is -2.33. The van der Waals surface area contributed by atoms with Gasteiger partial charge in [-0.2, -0.15) is 0 Å². The van der Waals surface area contributed by atoms with Gasteiger partial charge in [0.1, 0.15) is 5.75 Å². The Morgan fingerprint density at radius 2 is 2.00 bits per heavy atom. The zero-order valence-corrected chi connectivity index (χ0v) is 12.4. The molecule has 1 saturated heterocycles. The van der Waals surface area contributed by atoms with Gasteiger partial charge in [0, 0.05) is 12.2 Å². The van der Waals surface area contributed by atoms with E-state index in [0.717, 1.165) is 31.6 Å². The fourth-order valence-corrected chi connectivity index (χ4v) is 2.04. The third-order valence-electron chi connectivity index (χ3n) is 3.06. The summed E-state index contributed by atoms with van der Waals surface area (Å²) in [6.45, 7) is 2.40. The van der Waals surface area contributed by atoms with Crippen LogP contribution in [-0.2, 0) is 0 Å². The number of halogens is 4. The van der Waals surface area contributed by atoms with E-state index in [2.05, 4.69) is 20.7 Å². The maximum absolute atomic E-state index is 12.0. The molecule has 1 aromatic rings. The Balaban J connectivity index is 0.00000242. The largest absolute Gasteiger partial charge is 0.573 e. The van der Waals surface area contributed by atoms with Gasteiger partial charge in [-0.1, -0.05) is 0 Å². The van der Waals surface area contributed by atoms with Crippen molar-refractivity contribution < 1.29 is 22.7 Å². The van der Waals surface area contributed by atoms with Gasteiger partial charge in [-0.15, -0.1) is 25.6 Å². The smallest absolute Gasteiger partial charge is 0.406 e. The molecular weight excluding hydrogens is 323 g/mol. The maximum Gasteiger partial charge on any atom is 0.573 e. The number of nitrogens with one attached hydrogen (secondary N) is 3. The van der Waals surface area contributed by atoms with Gasteiger partial charge in [-0.3, -0.25) is 0 Å². The monoisotopic (exact) mass is 339 g/mol. The highest BCUT2D eigenvalue weighted by Crippen LogP contribution is 2.23. The van der Waals surface area contributed by atoms with Gasteiger partial charge in [0.2, 0.25) is 0 Å². The zero-order chi connectivity index (χ0) is 15.3. The molecule has 1 fully saturated rings. The number of alkyl halides is 3. The topological polar surface area (TPSA) is 62.4 Å². The predicted octanol–water partition coefficient (Wildman–Crippen LogP) is 2.74. The van der Waals surface area contributed by atoms with Crippen LogP contribution in [0.15, 0.2) is 24.3 Å². The molecule has 1 aliphatic rings. The van der Waals surface area contributed by atoms with E-state index in [0.29, 0.717) is 18.2 Å². The number of carbonyl (C=O) groups is 1. The van der Waals surface area contributed by atoms with Crippen LogP contribution in [0.25, 0.3) is 0 Å². The van der Waals surface area contributed by atoms with E-state index in [1.54, 1.807) is 0 Å². The predicted molar refractivity (Wildman–Crippen MR) is 78.4 cm³/mol. The van der Waals surface area contributed by atoms with Crippen molar-refractivity contribution in [2.75, 3.05) is 25.0 Å². The third-order valence-corrected chi connectivity index (χ3v) is 3.06. The molecule has 22 heavy (non-hydrogen) atoms. The van der Waals surface area contributed by atoms with Crippen LogP contribution >= 0.6 is 12.4 Å². The van der Waals surface area contributed by atoms with Crippen molar-refractivity contribution >= 4 is 24.1 Å². The molecule has 0 saturated carbocycles. The van der Waals surface area contributed by atoms with Crippen molar-refractivity contribution in [1.29, 1.82) is 0 Å². The van der Waals surface area contributed by atoms with Crippen molar-refractivity contribution in [2.24, 2.45) is 5.92 Å². The molecule has 0 aromatic heterocycles. The van der Waals surface area contributed by atoms with Crippen molar-refractivity contribution in [3.63, 3.8) is 0 Å². The van der Waals surface area contributed by atoms with Crippen LogP contribution in [0.2, 0.25) is 0 Å². The fraction of sp³-hybridized carbons (Fsp3) is 0.462. The number of anilines is 1. The summed E-state index contributed by atoms with van der Waals surface area (Å²) in [5.41, 5.74) is 0.395. The number of ether oxygens (including phenoxy) is 1. The Morgan fingerprint density at radius 3 is 2.55 bits per heavy atom. The molecule has 3 N–H and O–H groups in total. The maximum atomic E-state index is 12.0. The van der Waals surface area contributed by atoms with Crippen molar-refractivity contribution in [3.8, 4) is 5.75 Å². The van der Waals surface area contributed by atoms with Gasteiger partial charge in [0.15, 0.2) is 0 Å². The average Bonchev–Trinajstić information content (AvgIpc) is 2.90. The van der Waals surface area contributed by atoms with Gasteiger partial charge < -0.3 is 20.7 Å². The van der Waals surface area contributed by atoms with Gasteiger partial charge in [-0.25, -0.2) is 4.79 Å². The SMILES string of the molecule is Cl.O=C(NCC1CCNC1)Nc1ccc(OC(F)(F)F)cc1. The first-order valence-corrected chi connectivity index (χ1v) is 6.54. The van der Waals surface area contributed by atoms with Crippen molar-refractivity contribution in [2.45, 2.75) is 12.8 Å². The van der Waals surface area contributed by atoms with Crippen LogP contribution in [0.5, 0.6) is 5.75 Å². The van der Waals surface area contributed by atoms with Crippen LogP contribution < -0.4 is 20.7 Å². The van der Waals surface area contributed by atoms with Crippen LogP contribution in [0, 0.1) is 5.92 Å². The Labute approximate surface area is 132 Å². The molecule has 1 heterocycles. The fourth-order valence-electron chi connectivity index (χ4n) is 2.04. The first-order valence-electron chi connectivity index (χ1n) is 6.54. The summed E-state index contributed by atoms with van der Waals surface area (Å²) < 4.78 is 39.7. The molecule has 0 bridgehead atoms. The minimum absolute atomic E-state index is 0. The second kappa shape index (κ2) is 8.09. The zero-order valence-electron chi connectivity index (χ0n) is 11.6. The van der Waals surface area contributed by atoms with Crippen LogP contribution in [0.4, 0.5) is 23.7 Å². The number of benzene rings is 1. The van der Waals surface area contributed by atoms with Gasteiger partial charge in [0.05, 0.1) is 0 Å². The molecule has 0 radical (unpaired) electrons. The number of hydrogen-bond donors (Lipinski definition) is 3. The molecule has 2 amide bonds. The second-order valence-electron chi connectivity index (χ2n) is 4.77. The van der Waals surface area contributed by atoms with E-state index in [4.69, 9.17) is 0 Å². The van der Waals surface area contributed by atoms with E-state index in [9.17, 15) is 18.0 Å². The highest BCUT2D eigenvalue weighted by Gasteiger charge is 2.30. The Bertz CT molecular complexity index is 476. The molecule has 1 unspecified atom stereocenters. The molecule has 0 spiro atoms. The van der Waals surface area contributed by atoms with Crippen LogP contribution in [0.1, 0.15) is 6.42 Å². The van der Waals surface area contributed by atoms with Crippen LogP contribution in [-0.4, -0.2) is 32.0 Å². The van der Waals surface area contributed by atoms with Crippen molar-refractivity contribution in [1.82, 2.24) is 10.6 Å². The minimum Gasteiger partial charge on any atom is -0.406 e. The summed E-state index contributed by atoms with van der Waals surface area (Å²) in [7, 11) is 0. The molecule has 1 aromatic carbocycles. The standard InChI is InChI=1S/C13H16F3N3O2.ClH/c14-13(15,16)21-11-3-1-10(2-4-11)19-12(20)18-8-9-5-6-17-7-9;/h1-4,9,17H,5-8H2,(H2,18,19,20);1H. The summed E-state index contributed by atoms with van der Waals surface area (Å²) in [5.74, 6) is 0.0869. The first kappa shape index (κ1) is 18.4. The lowest BCUT2D eigenvalue weighted by Gasteiger charge is -2.12. The lowest BCUT2D eigenvalue weighted by atomic mass is 10.1. The number of urea groups is 1. The van der Waals surface area contributed by atoms with Gasteiger partial charge in [0.25, 0.3) is 0 Å². The number of rotatable bonds is 4. The van der Waals surface area contributed by atoms with E-state index in [1.165, 1.54) is 12.1 Å².